The fourth-order valence-electron chi connectivity index (χ4n) is 1.53. The van der Waals surface area contributed by atoms with Gasteiger partial charge in [-0.15, -0.1) is 11.3 Å². The van der Waals surface area contributed by atoms with E-state index in [-0.39, 0.29) is 17.9 Å². The van der Waals surface area contributed by atoms with Gasteiger partial charge in [0.05, 0.1) is 6.04 Å². The van der Waals surface area contributed by atoms with Crippen molar-refractivity contribution in [2.75, 3.05) is 0 Å². The van der Waals surface area contributed by atoms with Crippen LogP contribution in [0, 0.1) is 0 Å². The van der Waals surface area contributed by atoms with Crippen LogP contribution in [0.1, 0.15) is 17.7 Å². The van der Waals surface area contributed by atoms with Crippen LogP contribution in [0.3, 0.4) is 0 Å². The predicted octanol–water partition coefficient (Wildman–Crippen LogP) is 0.643. The van der Waals surface area contributed by atoms with E-state index >= 15 is 0 Å². The molecule has 1 aliphatic rings. The molecule has 80 valence electrons. The van der Waals surface area contributed by atoms with Gasteiger partial charge in [-0.1, -0.05) is 6.07 Å². The van der Waals surface area contributed by atoms with Crippen molar-refractivity contribution in [2.45, 2.75) is 25.4 Å². The Bertz CT molecular complexity index is 362. The van der Waals surface area contributed by atoms with E-state index in [0.29, 0.717) is 19.4 Å². The average Bonchev–Trinajstić information content (AvgIpc) is 2.69. The molecule has 1 atom stereocenters. The summed E-state index contributed by atoms with van der Waals surface area (Å²) in [6.07, 6.45) is 1.02. The highest BCUT2D eigenvalue weighted by molar-refractivity contribution is 7.09. The number of carbonyl (C=O) groups is 2. The van der Waals surface area contributed by atoms with E-state index < -0.39 is 0 Å². The topological polar surface area (TPSA) is 58.2 Å². The molecule has 0 radical (unpaired) electrons. The van der Waals surface area contributed by atoms with Gasteiger partial charge in [0, 0.05) is 17.8 Å². The maximum Gasteiger partial charge on any atom is 0.243 e. The second-order valence-electron chi connectivity index (χ2n) is 3.46. The molecular formula is C10H12N2O2S. The van der Waals surface area contributed by atoms with Crippen LogP contribution in [0.5, 0.6) is 0 Å². The van der Waals surface area contributed by atoms with Gasteiger partial charge in [-0.3, -0.25) is 14.9 Å². The van der Waals surface area contributed by atoms with Gasteiger partial charge in [-0.2, -0.15) is 0 Å². The van der Waals surface area contributed by atoms with E-state index in [2.05, 4.69) is 10.6 Å². The summed E-state index contributed by atoms with van der Waals surface area (Å²) in [6.45, 7) is 0.684. The first-order chi connectivity index (χ1) is 7.25. The Kier molecular flexibility index (Phi) is 3.13. The number of piperidine rings is 1. The molecule has 5 heteroatoms. The SMILES string of the molecule is O=C1CCC(NCc2cccs2)C(=O)N1. The van der Waals surface area contributed by atoms with Crippen molar-refractivity contribution in [3.63, 3.8) is 0 Å². The summed E-state index contributed by atoms with van der Waals surface area (Å²) in [7, 11) is 0. The number of thiophene rings is 1. The van der Waals surface area contributed by atoms with Gasteiger partial charge in [-0.25, -0.2) is 0 Å². The second-order valence-corrected chi connectivity index (χ2v) is 4.50. The first kappa shape index (κ1) is 10.3. The summed E-state index contributed by atoms with van der Waals surface area (Å²) in [4.78, 5) is 23.5. The minimum atomic E-state index is -0.232. The van der Waals surface area contributed by atoms with Gasteiger partial charge in [0.25, 0.3) is 0 Å². The Labute approximate surface area is 91.7 Å². The summed E-state index contributed by atoms with van der Waals surface area (Å²) in [6, 6.07) is 3.76. The largest absolute Gasteiger partial charge is 0.301 e. The van der Waals surface area contributed by atoms with E-state index in [1.165, 1.54) is 4.88 Å². The number of carbonyl (C=O) groups excluding carboxylic acids is 2. The fraction of sp³-hybridized carbons (Fsp3) is 0.400. The zero-order chi connectivity index (χ0) is 10.7. The molecule has 2 heterocycles. The number of amides is 2. The van der Waals surface area contributed by atoms with Crippen LogP contribution in [0.15, 0.2) is 17.5 Å². The molecule has 0 bridgehead atoms. The quantitative estimate of drug-likeness (QED) is 0.741. The van der Waals surface area contributed by atoms with Gasteiger partial charge in [0.15, 0.2) is 0 Å². The molecule has 2 N–H and O–H groups in total. The van der Waals surface area contributed by atoms with Crippen LogP contribution in [0.4, 0.5) is 0 Å². The summed E-state index contributed by atoms with van der Waals surface area (Å²) >= 11 is 1.65. The standard InChI is InChI=1S/C10H12N2O2S/c13-9-4-3-8(10(14)12-9)11-6-7-2-1-5-15-7/h1-2,5,8,11H,3-4,6H2,(H,12,13,14). The van der Waals surface area contributed by atoms with Crippen LogP contribution < -0.4 is 10.6 Å². The molecule has 1 fully saturated rings. The lowest BCUT2D eigenvalue weighted by Crippen LogP contribution is -2.50. The molecule has 2 rings (SSSR count). The summed E-state index contributed by atoms with van der Waals surface area (Å²) in [5, 5.41) is 7.46. The number of nitrogens with one attached hydrogen (secondary N) is 2. The molecule has 1 saturated heterocycles. The van der Waals surface area contributed by atoms with Crippen molar-refractivity contribution < 1.29 is 9.59 Å². The molecular weight excluding hydrogens is 212 g/mol. The van der Waals surface area contributed by atoms with Crippen molar-refractivity contribution in [2.24, 2.45) is 0 Å². The highest BCUT2D eigenvalue weighted by Crippen LogP contribution is 2.10. The normalized spacial score (nSPS) is 21.5. The highest BCUT2D eigenvalue weighted by atomic mass is 32.1. The lowest BCUT2D eigenvalue weighted by Gasteiger charge is -2.21. The van der Waals surface area contributed by atoms with E-state index in [1.54, 1.807) is 11.3 Å². The zero-order valence-electron chi connectivity index (χ0n) is 8.16. The predicted molar refractivity (Wildman–Crippen MR) is 57.3 cm³/mol. The highest BCUT2D eigenvalue weighted by Gasteiger charge is 2.25. The maximum absolute atomic E-state index is 11.4. The smallest absolute Gasteiger partial charge is 0.243 e. The van der Waals surface area contributed by atoms with Crippen molar-refractivity contribution in [3.8, 4) is 0 Å². The van der Waals surface area contributed by atoms with Crippen molar-refractivity contribution in [1.82, 2.24) is 10.6 Å². The Hall–Kier alpha value is -1.20. The Morgan fingerprint density at radius 1 is 1.53 bits per heavy atom. The third kappa shape index (κ3) is 2.64. The van der Waals surface area contributed by atoms with Crippen LogP contribution in [0.25, 0.3) is 0 Å². The van der Waals surface area contributed by atoms with E-state index in [9.17, 15) is 9.59 Å². The molecule has 0 saturated carbocycles. The fourth-order valence-corrected chi connectivity index (χ4v) is 2.18. The van der Waals surface area contributed by atoms with Gasteiger partial charge in [0.2, 0.25) is 11.8 Å². The molecule has 1 aliphatic heterocycles. The van der Waals surface area contributed by atoms with Crippen LogP contribution in [-0.2, 0) is 16.1 Å². The van der Waals surface area contributed by atoms with E-state index in [0.717, 1.165) is 0 Å². The second kappa shape index (κ2) is 4.55. The number of hydrogen-bond donors (Lipinski definition) is 2. The molecule has 1 unspecified atom stereocenters. The van der Waals surface area contributed by atoms with E-state index in [1.807, 2.05) is 17.5 Å². The van der Waals surface area contributed by atoms with Gasteiger partial charge in [0.1, 0.15) is 0 Å². The summed E-state index contributed by atoms with van der Waals surface area (Å²) in [5.74, 6) is -0.378. The molecule has 1 aromatic heterocycles. The molecule has 0 spiro atoms. The van der Waals surface area contributed by atoms with Crippen LogP contribution >= 0.6 is 11.3 Å². The molecule has 0 aliphatic carbocycles. The number of imide groups is 1. The minimum Gasteiger partial charge on any atom is -0.301 e. The van der Waals surface area contributed by atoms with Crippen LogP contribution in [-0.4, -0.2) is 17.9 Å². The molecule has 1 aromatic rings. The Morgan fingerprint density at radius 3 is 3.07 bits per heavy atom. The van der Waals surface area contributed by atoms with Gasteiger partial charge < -0.3 is 5.32 Å². The molecule has 4 nitrogen and oxygen atoms in total. The lowest BCUT2D eigenvalue weighted by atomic mass is 10.1. The summed E-state index contributed by atoms with van der Waals surface area (Å²) < 4.78 is 0. The van der Waals surface area contributed by atoms with Crippen LogP contribution in [0.2, 0.25) is 0 Å². The minimum absolute atomic E-state index is 0.172. The maximum atomic E-state index is 11.4. The first-order valence-electron chi connectivity index (χ1n) is 4.85. The average molecular weight is 224 g/mol. The van der Waals surface area contributed by atoms with Gasteiger partial charge in [-0.05, 0) is 17.9 Å². The first-order valence-corrected chi connectivity index (χ1v) is 5.73. The number of hydrogen-bond acceptors (Lipinski definition) is 4. The summed E-state index contributed by atoms with van der Waals surface area (Å²) in [5.41, 5.74) is 0. The number of rotatable bonds is 3. The molecule has 2 amide bonds. The van der Waals surface area contributed by atoms with E-state index in [4.69, 9.17) is 0 Å². The molecule has 0 aromatic carbocycles. The third-order valence-electron chi connectivity index (χ3n) is 2.34. The monoisotopic (exact) mass is 224 g/mol. The zero-order valence-corrected chi connectivity index (χ0v) is 8.97. The molecule has 15 heavy (non-hydrogen) atoms. The Morgan fingerprint density at radius 2 is 2.40 bits per heavy atom. The lowest BCUT2D eigenvalue weighted by molar-refractivity contribution is -0.134. The Balaban J connectivity index is 1.85. The van der Waals surface area contributed by atoms with Gasteiger partial charge >= 0.3 is 0 Å². The van der Waals surface area contributed by atoms with Crippen molar-refractivity contribution in [3.05, 3.63) is 22.4 Å². The van der Waals surface area contributed by atoms with Crippen molar-refractivity contribution in [1.29, 1.82) is 0 Å². The van der Waals surface area contributed by atoms with Crippen molar-refractivity contribution >= 4 is 23.2 Å². The third-order valence-corrected chi connectivity index (χ3v) is 3.22.